The summed E-state index contributed by atoms with van der Waals surface area (Å²) in [5.74, 6) is 2.04. The Morgan fingerprint density at radius 3 is 2.75 bits per heavy atom. The highest BCUT2D eigenvalue weighted by Gasteiger charge is 2.30. The van der Waals surface area contributed by atoms with E-state index in [1.54, 1.807) is 6.92 Å². The van der Waals surface area contributed by atoms with Gasteiger partial charge in [-0.05, 0) is 6.92 Å². The average molecular weight is 260 g/mol. The van der Waals surface area contributed by atoms with Gasteiger partial charge in [-0.15, -0.1) is 11.8 Å². The summed E-state index contributed by atoms with van der Waals surface area (Å²) < 4.78 is 5.01. The lowest BCUT2D eigenvalue weighted by atomic mass is 10.3. The molecule has 0 aromatic carbocycles. The van der Waals surface area contributed by atoms with Crippen molar-refractivity contribution in [1.82, 2.24) is 10.1 Å². The zero-order valence-corrected chi connectivity index (χ0v) is 11.2. The lowest BCUT2D eigenvalue weighted by Gasteiger charge is -2.29. The number of hydrogen-bond acceptors (Lipinski definition) is 6. The van der Waals surface area contributed by atoms with Gasteiger partial charge in [0.25, 0.3) is 5.89 Å². The summed E-state index contributed by atoms with van der Waals surface area (Å²) in [5.41, 5.74) is 0. The molecule has 90 valence electrons. The first-order valence-electron chi connectivity index (χ1n) is 5.36. The number of thioether (sulfide) groups is 2. The molecule has 1 aliphatic rings. The first-order chi connectivity index (χ1) is 7.58. The van der Waals surface area contributed by atoms with Crippen LogP contribution in [0.3, 0.4) is 0 Å². The van der Waals surface area contributed by atoms with Crippen LogP contribution in [0.25, 0.3) is 0 Å². The summed E-state index contributed by atoms with van der Waals surface area (Å²) in [5, 5.41) is 14.8. The van der Waals surface area contributed by atoms with Crippen LogP contribution in [0.5, 0.6) is 0 Å². The lowest BCUT2D eigenvalue weighted by molar-refractivity contribution is 0.151. The molecule has 2 rings (SSSR count). The Bertz CT molecular complexity index is 356. The molecule has 1 fully saturated rings. The van der Waals surface area contributed by atoms with Gasteiger partial charge < -0.3 is 9.63 Å². The highest BCUT2D eigenvalue weighted by molar-refractivity contribution is 8.07. The number of aliphatic hydroxyl groups is 1. The predicted molar refractivity (Wildman–Crippen MR) is 66.6 cm³/mol. The van der Waals surface area contributed by atoms with Gasteiger partial charge in [-0.1, -0.05) is 19.0 Å². The molecule has 1 aromatic rings. The largest absolute Gasteiger partial charge is 0.384 e. The lowest BCUT2D eigenvalue weighted by Crippen LogP contribution is -2.22. The molecule has 0 radical (unpaired) electrons. The first kappa shape index (κ1) is 12.3. The molecule has 2 heterocycles. The normalized spacial score (nSPS) is 32.6. The topological polar surface area (TPSA) is 59.2 Å². The fraction of sp³-hybridized carbons (Fsp3) is 0.800. The Morgan fingerprint density at radius 1 is 1.44 bits per heavy atom. The van der Waals surface area contributed by atoms with Crippen molar-refractivity contribution in [2.24, 2.45) is 0 Å². The van der Waals surface area contributed by atoms with Gasteiger partial charge in [0.15, 0.2) is 5.82 Å². The van der Waals surface area contributed by atoms with Crippen molar-refractivity contribution in [2.45, 2.75) is 42.6 Å². The van der Waals surface area contributed by atoms with Crippen LogP contribution >= 0.6 is 23.5 Å². The maximum Gasteiger partial charge on any atom is 0.255 e. The summed E-state index contributed by atoms with van der Waals surface area (Å²) in [6, 6.07) is 0. The standard InChI is InChI=1S/C10H16N2O2S2/c1-5(13)10-11-9(12-14-10)8-4-15-6(2)7(3)16-8/h5-8,13H,4H2,1-3H3/t5-,6?,7?,8?/m0/s1. The molecule has 0 bridgehead atoms. The number of aromatic nitrogens is 2. The molecule has 1 N–H and O–H groups in total. The van der Waals surface area contributed by atoms with E-state index in [1.165, 1.54) is 0 Å². The summed E-state index contributed by atoms with van der Waals surface area (Å²) in [6.45, 7) is 6.10. The van der Waals surface area contributed by atoms with Gasteiger partial charge >= 0.3 is 0 Å². The molecule has 16 heavy (non-hydrogen) atoms. The Labute approximate surface area is 104 Å². The van der Waals surface area contributed by atoms with Crippen LogP contribution in [-0.2, 0) is 0 Å². The SMILES string of the molecule is CC1SCC(c2noc([C@H](C)O)n2)SC1C. The molecule has 0 amide bonds. The fourth-order valence-corrected chi connectivity index (χ4v) is 4.30. The second kappa shape index (κ2) is 4.98. The number of aliphatic hydroxyl groups excluding tert-OH is 1. The van der Waals surface area contributed by atoms with Gasteiger partial charge in [0.05, 0.1) is 5.25 Å². The van der Waals surface area contributed by atoms with Crippen LogP contribution in [0.1, 0.15) is 43.8 Å². The molecular weight excluding hydrogens is 244 g/mol. The quantitative estimate of drug-likeness (QED) is 0.881. The van der Waals surface area contributed by atoms with Crippen molar-refractivity contribution in [3.05, 3.63) is 11.7 Å². The van der Waals surface area contributed by atoms with Gasteiger partial charge in [0, 0.05) is 16.3 Å². The minimum Gasteiger partial charge on any atom is -0.384 e. The minimum atomic E-state index is -0.682. The number of nitrogens with zero attached hydrogens (tertiary/aromatic N) is 2. The van der Waals surface area contributed by atoms with E-state index in [2.05, 4.69) is 24.0 Å². The third kappa shape index (κ3) is 2.55. The van der Waals surface area contributed by atoms with Crippen LogP contribution in [0, 0.1) is 0 Å². The van der Waals surface area contributed by atoms with Gasteiger partial charge in [0.2, 0.25) is 0 Å². The highest BCUT2D eigenvalue weighted by atomic mass is 32.2. The molecule has 1 saturated heterocycles. The molecule has 6 heteroatoms. The van der Waals surface area contributed by atoms with Crippen molar-refractivity contribution in [2.75, 3.05) is 5.75 Å². The Kier molecular flexibility index (Phi) is 3.81. The van der Waals surface area contributed by atoms with Crippen molar-refractivity contribution in [1.29, 1.82) is 0 Å². The van der Waals surface area contributed by atoms with E-state index in [1.807, 2.05) is 23.5 Å². The van der Waals surface area contributed by atoms with E-state index in [0.29, 0.717) is 22.2 Å². The van der Waals surface area contributed by atoms with E-state index in [4.69, 9.17) is 4.52 Å². The zero-order chi connectivity index (χ0) is 11.7. The molecule has 3 unspecified atom stereocenters. The van der Waals surface area contributed by atoms with Crippen LogP contribution < -0.4 is 0 Å². The molecular formula is C10H16N2O2S2. The second-order valence-corrected chi connectivity index (χ2v) is 7.03. The van der Waals surface area contributed by atoms with Crippen LogP contribution in [0.4, 0.5) is 0 Å². The fourth-order valence-electron chi connectivity index (χ4n) is 1.47. The van der Waals surface area contributed by atoms with E-state index in [0.717, 1.165) is 5.75 Å². The van der Waals surface area contributed by atoms with Gasteiger partial charge in [-0.2, -0.15) is 16.7 Å². The predicted octanol–water partition coefficient (Wildman–Crippen LogP) is 2.42. The van der Waals surface area contributed by atoms with Crippen LogP contribution in [-0.4, -0.2) is 31.5 Å². The summed E-state index contributed by atoms with van der Waals surface area (Å²) in [6.07, 6.45) is -0.682. The Hall–Kier alpha value is -0.200. The van der Waals surface area contributed by atoms with Gasteiger partial charge in [-0.3, -0.25) is 0 Å². The van der Waals surface area contributed by atoms with Gasteiger partial charge in [-0.25, -0.2) is 0 Å². The molecule has 0 aliphatic carbocycles. The highest BCUT2D eigenvalue weighted by Crippen LogP contribution is 2.43. The molecule has 4 atom stereocenters. The van der Waals surface area contributed by atoms with E-state index in [-0.39, 0.29) is 5.25 Å². The third-order valence-electron chi connectivity index (χ3n) is 2.65. The van der Waals surface area contributed by atoms with E-state index in [9.17, 15) is 5.11 Å². The van der Waals surface area contributed by atoms with Crippen molar-refractivity contribution < 1.29 is 9.63 Å². The molecule has 4 nitrogen and oxygen atoms in total. The second-order valence-electron chi connectivity index (χ2n) is 4.04. The van der Waals surface area contributed by atoms with Crippen molar-refractivity contribution in [3.63, 3.8) is 0 Å². The number of rotatable bonds is 2. The van der Waals surface area contributed by atoms with Crippen molar-refractivity contribution in [3.8, 4) is 0 Å². The zero-order valence-electron chi connectivity index (χ0n) is 9.58. The smallest absolute Gasteiger partial charge is 0.255 e. The molecule has 0 spiro atoms. The molecule has 0 saturated carbocycles. The average Bonchev–Trinajstić information content (AvgIpc) is 2.71. The van der Waals surface area contributed by atoms with E-state index < -0.39 is 6.10 Å². The molecule has 1 aliphatic heterocycles. The maximum atomic E-state index is 9.32. The maximum absolute atomic E-state index is 9.32. The van der Waals surface area contributed by atoms with Crippen LogP contribution in [0.2, 0.25) is 0 Å². The van der Waals surface area contributed by atoms with Crippen LogP contribution in [0.15, 0.2) is 4.52 Å². The van der Waals surface area contributed by atoms with Gasteiger partial charge in [0.1, 0.15) is 6.10 Å². The Balaban J connectivity index is 2.07. The summed E-state index contributed by atoms with van der Waals surface area (Å²) in [7, 11) is 0. The third-order valence-corrected chi connectivity index (χ3v) is 6.04. The monoisotopic (exact) mass is 260 g/mol. The minimum absolute atomic E-state index is 0.285. The van der Waals surface area contributed by atoms with E-state index >= 15 is 0 Å². The summed E-state index contributed by atoms with van der Waals surface area (Å²) >= 11 is 3.83. The molecule has 1 aromatic heterocycles. The Morgan fingerprint density at radius 2 is 2.19 bits per heavy atom. The summed E-state index contributed by atoms with van der Waals surface area (Å²) in [4.78, 5) is 4.23. The first-order valence-corrected chi connectivity index (χ1v) is 7.35. The number of hydrogen-bond donors (Lipinski definition) is 1. The van der Waals surface area contributed by atoms with Crippen molar-refractivity contribution >= 4 is 23.5 Å².